The van der Waals surface area contributed by atoms with E-state index in [2.05, 4.69) is 6.92 Å². The third-order valence-electron chi connectivity index (χ3n) is 5.50. The number of benzene rings is 1. The van der Waals surface area contributed by atoms with Crippen molar-refractivity contribution < 1.29 is 13.2 Å². The fourth-order valence-corrected chi connectivity index (χ4v) is 4.42. The highest BCUT2D eigenvalue weighted by molar-refractivity contribution is 5.27. The van der Waals surface area contributed by atoms with E-state index < -0.39 is 17.5 Å². The largest absolute Gasteiger partial charge is 0.204 e. The van der Waals surface area contributed by atoms with Crippen molar-refractivity contribution in [2.45, 2.75) is 64.2 Å². The van der Waals surface area contributed by atoms with Crippen LogP contribution in [0.4, 0.5) is 13.2 Å². The molecule has 1 aromatic rings. The zero-order chi connectivity index (χ0) is 15.0. The Morgan fingerprint density at radius 1 is 1.00 bits per heavy atom. The van der Waals surface area contributed by atoms with Gasteiger partial charge in [-0.15, -0.1) is 0 Å². The molecule has 0 unspecified atom stereocenters. The second-order valence-corrected chi connectivity index (χ2v) is 7.17. The molecule has 0 aromatic heterocycles. The standard InChI is InChI=1S/C18H23F3/c1-2-3-4-5-12-8-18(9-12)10-14(11-18)13-6-15(19)17(21)16(20)7-13/h6-7,12,14H,2-5,8-11H2,1H3. The summed E-state index contributed by atoms with van der Waals surface area (Å²) >= 11 is 0. The van der Waals surface area contributed by atoms with Crippen LogP contribution >= 0.6 is 0 Å². The van der Waals surface area contributed by atoms with Gasteiger partial charge in [0.15, 0.2) is 17.5 Å². The monoisotopic (exact) mass is 296 g/mol. The van der Waals surface area contributed by atoms with Gasteiger partial charge in [0, 0.05) is 0 Å². The summed E-state index contributed by atoms with van der Waals surface area (Å²) in [6.07, 6.45) is 9.83. The van der Waals surface area contributed by atoms with E-state index in [1.165, 1.54) is 50.7 Å². The molecule has 0 N–H and O–H groups in total. The predicted octanol–water partition coefficient (Wildman–Crippen LogP) is 5.96. The predicted molar refractivity (Wildman–Crippen MR) is 77.6 cm³/mol. The number of hydrogen-bond acceptors (Lipinski definition) is 0. The molecular formula is C18H23F3. The molecule has 1 spiro atoms. The van der Waals surface area contributed by atoms with Crippen LogP contribution in [0.1, 0.15) is 69.8 Å². The molecule has 0 saturated heterocycles. The number of unbranched alkanes of at least 4 members (excludes halogenated alkanes) is 2. The molecule has 1 aromatic carbocycles. The minimum Gasteiger partial charge on any atom is -0.204 e. The van der Waals surface area contributed by atoms with E-state index >= 15 is 0 Å². The number of halogens is 3. The lowest BCUT2D eigenvalue weighted by Crippen LogP contribution is -2.46. The quantitative estimate of drug-likeness (QED) is 0.464. The van der Waals surface area contributed by atoms with Crippen molar-refractivity contribution in [1.82, 2.24) is 0 Å². The molecule has 0 amide bonds. The fraction of sp³-hybridized carbons (Fsp3) is 0.667. The van der Waals surface area contributed by atoms with Gasteiger partial charge in [-0.05, 0) is 60.6 Å². The van der Waals surface area contributed by atoms with E-state index in [0.717, 1.165) is 18.8 Å². The maximum atomic E-state index is 13.3. The smallest absolute Gasteiger partial charge is 0.194 e. The van der Waals surface area contributed by atoms with Gasteiger partial charge in [-0.3, -0.25) is 0 Å². The minimum atomic E-state index is -1.35. The van der Waals surface area contributed by atoms with Crippen LogP contribution in [0.25, 0.3) is 0 Å². The molecule has 0 bridgehead atoms. The highest BCUT2D eigenvalue weighted by Crippen LogP contribution is 2.64. The van der Waals surface area contributed by atoms with Gasteiger partial charge >= 0.3 is 0 Å². The van der Waals surface area contributed by atoms with Gasteiger partial charge in [0.25, 0.3) is 0 Å². The SMILES string of the molecule is CCCCCC1CC2(C1)CC(c1cc(F)c(F)c(F)c1)C2. The van der Waals surface area contributed by atoms with Gasteiger partial charge in [-0.1, -0.05) is 32.6 Å². The third kappa shape index (κ3) is 2.84. The topological polar surface area (TPSA) is 0 Å². The zero-order valence-corrected chi connectivity index (χ0v) is 12.6. The summed E-state index contributed by atoms with van der Waals surface area (Å²) in [5, 5.41) is 0. The molecular weight excluding hydrogens is 273 g/mol. The van der Waals surface area contributed by atoms with Crippen molar-refractivity contribution in [2.75, 3.05) is 0 Å². The molecule has 0 atom stereocenters. The van der Waals surface area contributed by atoms with Crippen LogP contribution < -0.4 is 0 Å². The maximum absolute atomic E-state index is 13.3. The van der Waals surface area contributed by atoms with Crippen molar-refractivity contribution in [3.8, 4) is 0 Å². The summed E-state index contributed by atoms with van der Waals surface area (Å²) in [6.45, 7) is 2.22. The van der Waals surface area contributed by atoms with Crippen LogP contribution in [0.15, 0.2) is 12.1 Å². The van der Waals surface area contributed by atoms with E-state index in [4.69, 9.17) is 0 Å². The van der Waals surface area contributed by atoms with Gasteiger partial charge in [0.2, 0.25) is 0 Å². The molecule has 2 aliphatic carbocycles. The van der Waals surface area contributed by atoms with Crippen LogP contribution in [0.5, 0.6) is 0 Å². The second-order valence-electron chi connectivity index (χ2n) is 7.17. The van der Waals surface area contributed by atoms with E-state index in [-0.39, 0.29) is 5.92 Å². The lowest BCUT2D eigenvalue weighted by molar-refractivity contribution is -0.0453. The molecule has 2 aliphatic rings. The molecule has 0 aliphatic heterocycles. The fourth-order valence-electron chi connectivity index (χ4n) is 4.42. The van der Waals surface area contributed by atoms with E-state index in [0.29, 0.717) is 11.0 Å². The first-order chi connectivity index (χ1) is 10.0. The Kier molecular flexibility index (Phi) is 4.02. The van der Waals surface area contributed by atoms with Crippen LogP contribution in [-0.2, 0) is 0 Å². The Hall–Kier alpha value is -0.990. The van der Waals surface area contributed by atoms with Gasteiger partial charge in [0.1, 0.15) is 0 Å². The van der Waals surface area contributed by atoms with Crippen LogP contribution in [-0.4, -0.2) is 0 Å². The summed E-state index contributed by atoms with van der Waals surface area (Å²) in [5.74, 6) is -2.40. The van der Waals surface area contributed by atoms with Gasteiger partial charge in [-0.25, -0.2) is 13.2 Å². The van der Waals surface area contributed by atoms with E-state index in [1.807, 2.05) is 0 Å². The Morgan fingerprint density at radius 3 is 2.19 bits per heavy atom. The summed E-state index contributed by atoms with van der Waals surface area (Å²) in [7, 11) is 0. The first kappa shape index (κ1) is 14.9. The lowest BCUT2D eigenvalue weighted by Gasteiger charge is -2.58. The Labute approximate surface area is 124 Å². The highest BCUT2D eigenvalue weighted by atomic mass is 19.2. The molecule has 3 rings (SSSR count). The Morgan fingerprint density at radius 2 is 1.62 bits per heavy atom. The summed E-state index contributed by atoms with van der Waals surface area (Å²) in [6, 6.07) is 2.35. The highest BCUT2D eigenvalue weighted by Gasteiger charge is 2.52. The van der Waals surface area contributed by atoms with Crippen molar-refractivity contribution in [1.29, 1.82) is 0 Å². The van der Waals surface area contributed by atoms with Crippen molar-refractivity contribution in [3.63, 3.8) is 0 Å². The molecule has 2 saturated carbocycles. The first-order valence-electron chi connectivity index (χ1n) is 8.17. The Balaban J connectivity index is 1.51. The van der Waals surface area contributed by atoms with E-state index in [9.17, 15) is 13.2 Å². The molecule has 116 valence electrons. The molecule has 21 heavy (non-hydrogen) atoms. The zero-order valence-electron chi connectivity index (χ0n) is 12.6. The summed E-state index contributed by atoms with van der Waals surface area (Å²) in [4.78, 5) is 0. The van der Waals surface area contributed by atoms with Gasteiger partial charge < -0.3 is 0 Å². The van der Waals surface area contributed by atoms with Crippen molar-refractivity contribution in [3.05, 3.63) is 35.1 Å². The minimum absolute atomic E-state index is 0.214. The van der Waals surface area contributed by atoms with Crippen LogP contribution in [0, 0.1) is 28.8 Å². The van der Waals surface area contributed by atoms with E-state index in [1.54, 1.807) is 0 Å². The Bertz CT molecular complexity index is 486. The van der Waals surface area contributed by atoms with Gasteiger partial charge in [0.05, 0.1) is 0 Å². The maximum Gasteiger partial charge on any atom is 0.194 e. The summed E-state index contributed by atoms with van der Waals surface area (Å²) < 4.78 is 39.5. The average Bonchev–Trinajstić information content (AvgIpc) is 2.36. The summed E-state index contributed by atoms with van der Waals surface area (Å²) in [5.41, 5.74) is 1.06. The molecule has 0 radical (unpaired) electrons. The first-order valence-corrected chi connectivity index (χ1v) is 8.17. The van der Waals surface area contributed by atoms with Crippen molar-refractivity contribution in [2.24, 2.45) is 11.3 Å². The molecule has 0 nitrogen and oxygen atoms in total. The van der Waals surface area contributed by atoms with Crippen LogP contribution in [0.3, 0.4) is 0 Å². The number of hydrogen-bond donors (Lipinski definition) is 0. The lowest BCUT2D eigenvalue weighted by atomic mass is 9.47. The van der Waals surface area contributed by atoms with Crippen molar-refractivity contribution >= 4 is 0 Å². The number of rotatable bonds is 5. The second kappa shape index (κ2) is 5.66. The normalized spacial score (nSPS) is 31.0. The molecule has 3 heteroatoms. The average molecular weight is 296 g/mol. The molecule has 0 heterocycles. The molecule has 2 fully saturated rings. The van der Waals surface area contributed by atoms with Gasteiger partial charge in [-0.2, -0.15) is 0 Å². The third-order valence-corrected chi connectivity index (χ3v) is 5.50. The van der Waals surface area contributed by atoms with Crippen LogP contribution in [0.2, 0.25) is 0 Å².